The van der Waals surface area contributed by atoms with Crippen molar-refractivity contribution < 1.29 is 23.1 Å². The fourth-order valence-electron chi connectivity index (χ4n) is 2.62. The third kappa shape index (κ3) is 7.33. The van der Waals surface area contributed by atoms with E-state index >= 15 is 0 Å². The van der Waals surface area contributed by atoms with Crippen molar-refractivity contribution in [3.63, 3.8) is 0 Å². The Bertz CT molecular complexity index is 735. The van der Waals surface area contributed by atoms with Gasteiger partial charge in [0.15, 0.2) is 9.84 Å². The first-order chi connectivity index (χ1) is 12.3. The summed E-state index contributed by atoms with van der Waals surface area (Å²) in [4.78, 5) is 24.3. The Balaban J connectivity index is 3.08. The minimum Gasteiger partial charge on any atom is -0.480 e. The van der Waals surface area contributed by atoms with Crippen molar-refractivity contribution in [3.8, 4) is 0 Å². The summed E-state index contributed by atoms with van der Waals surface area (Å²) in [5.74, 6) is -2.76. The maximum atomic E-state index is 12.8. The highest BCUT2D eigenvalue weighted by Gasteiger charge is 2.35. The molecule has 2 atom stereocenters. The molecule has 0 aliphatic heterocycles. The van der Waals surface area contributed by atoms with Crippen LogP contribution in [0, 0.1) is 11.8 Å². The molecule has 2 unspecified atom stereocenters. The molecule has 1 amide bonds. The molecule has 0 radical (unpaired) electrons. The zero-order valence-corrected chi connectivity index (χ0v) is 17.5. The number of carboxylic acid groups (broad SMARTS) is 1. The van der Waals surface area contributed by atoms with Crippen LogP contribution in [0.15, 0.2) is 30.3 Å². The second-order valence-electron chi connectivity index (χ2n) is 8.31. The van der Waals surface area contributed by atoms with Gasteiger partial charge in [-0.1, -0.05) is 44.2 Å². The van der Waals surface area contributed by atoms with E-state index < -0.39 is 38.4 Å². The molecular weight excluding hydrogens is 366 g/mol. The van der Waals surface area contributed by atoms with Gasteiger partial charge in [-0.2, -0.15) is 0 Å². The number of carbonyl (C=O) groups is 2. The van der Waals surface area contributed by atoms with Crippen LogP contribution in [0.1, 0.15) is 46.6 Å². The number of sulfone groups is 1. The van der Waals surface area contributed by atoms with Gasteiger partial charge in [-0.15, -0.1) is 0 Å². The average Bonchev–Trinajstić information content (AvgIpc) is 2.52. The first-order valence-electron chi connectivity index (χ1n) is 9.13. The molecule has 2 N–H and O–H groups in total. The number of carbonyl (C=O) groups excluding carboxylic acids is 1. The lowest BCUT2D eigenvalue weighted by molar-refractivity contribution is -0.142. The predicted molar refractivity (Wildman–Crippen MR) is 106 cm³/mol. The molecule has 1 rings (SSSR count). The van der Waals surface area contributed by atoms with Crippen LogP contribution in [-0.4, -0.2) is 41.9 Å². The highest BCUT2D eigenvalue weighted by Crippen LogP contribution is 2.21. The van der Waals surface area contributed by atoms with Crippen LogP contribution in [0.5, 0.6) is 0 Å². The molecule has 6 nitrogen and oxygen atoms in total. The van der Waals surface area contributed by atoms with Gasteiger partial charge in [0.05, 0.1) is 16.4 Å². The molecule has 0 saturated carbocycles. The minimum atomic E-state index is -3.55. The molecule has 0 heterocycles. The Morgan fingerprint density at radius 2 is 1.67 bits per heavy atom. The van der Waals surface area contributed by atoms with Gasteiger partial charge < -0.3 is 10.4 Å². The molecule has 0 aliphatic carbocycles. The van der Waals surface area contributed by atoms with Gasteiger partial charge in [0.1, 0.15) is 6.04 Å². The number of hydrogen-bond acceptors (Lipinski definition) is 4. The van der Waals surface area contributed by atoms with Crippen molar-refractivity contribution in [1.82, 2.24) is 5.32 Å². The summed E-state index contributed by atoms with van der Waals surface area (Å²) in [6, 6.07) is 8.10. The largest absolute Gasteiger partial charge is 0.480 e. The SMILES string of the molecule is CC(C)CC(NC(=O)C(Cc1ccccc1)CS(=O)(=O)C(C)(C)C)C(=O)O. The van der Waals surface area contributed by atoms with E-state index in [0.717, 1.165) is 5.56 Å². The van der Waals surface area contributed by atoms with E-state index in [1.165, 1.54) is 0 Å². The lowest BCUT2D eigenvalue weighted by Gasteiger charge is -2.25. The topological polar surface area (TPSA) is 101 Å². The maximum absolute atomic E-state index is 12.8. The van der Waals surface area contributed by atoms with Gasteiger partial charge in [-0.05, 0) is 45.1 Å². The van der Waals surface area contributed by atoms with Crippen molar-refractivity contribution in [3.05, 3.63) is 35.9 Å². The Morgan fingerprint density at radius 1 is 1.11 bits per heavy atom. The van der Waals surface area contributed by atoms with Crippen LogP contribution >= 0.6 is 0 Å². The number of hydrogen-bond donors (Lipinski definition) is 2. The zero-order valence-electron chi connectivity index (χ0n) is 16.7. The van der Waals surface area contributed by atoms with Crippen LogP contribution in [0.25, 0.3) is 0 Å². The van der Waals surface area contributed by atoms with Gasteiger partial charge in [0.25, 0.3) is 0 Å². The van der Waals surface area contributed by atoms with Crippen LogP contribution < -0.4 is 5.32 Å². The lowest BCUT2D eigenvalue weighted by Crippen LogP contribution is -2.47. The molecule has 0 bridgehead atoms. The molecule has 0 fully saturated rings. The van der Waals surface area contributed by atoms with E-state index in [1.807, 2.05) is 44.2 Å². The third-order valence-electron chi connectivity index (χ3n) is 4.37. The van der Waals surface area contributed by atoms with E-state index in [1.54, 1.807) is 20.8 Å². The Kier molecular flexibility index (Phi) is 8.02. The number of nitrogens with one attached hydrogen (secondary N) is 1. The van der Waals surface area contributed by atoms with E-state index in [0.29, 0.717) is 0 Å². The van der Waals surface area contributed by atoms with Crippen LogP contribution in [0.4, 0.5) is 0 Å². The summed E-state index contributed by atoms with van der Waals surface area (Å²) in [7, 11) is -3.55. The first kappa shape index (κ1) is 23.1. The van der Waals surface area contributed by atoms with Crippen molar-refractivity contribution >= 4 is 21.7 Å². The van der Waals surface area contributed by atoms with Crippen molar-refractivity contribution in [1.29, 1.82) is 0 Å². The van der Waals surface area contributed by atoms with Crippen LogP contribution in [-0.2, 0) is 25.8 Å². The third-order valence-corrected chi connectivity index (χ3v) is 7.08. The second kappa shape index (κ2) is 9.35. The van der Waals surface area contributed by atoms with Crippen molar-refractivity contribution in [2.45, 2.75) is 58.2 Å². The number of carboxylic acids is 1. The Hall–Kier alpha value is -1.89. The van der Waals surface area contributed by atoms with E-state index in [4.69, 9.17) is 0 Å². The molecule has 0 spiro atoms. The summed E-state index contributed by atoms with van der Waals surface area (Å²) in [5.41, 5.74) is 0.831. The van der Waals surface area contributed by atoms with E-state index in [9.17, 15) is 23.1 Å². The van der Waals surface area contributed by atoms with Gasteiger partial charge in [-0.25, -0.2) is 13.2 Å². The summed E-state index contributed by atoms with van der Waals surface area (Å²) in [6.45, 7) is 8.52. The quantitative estimate of drug-likeness (QED) is 0.667. The fraction of sp³-hybridized carbons (Fsp3) is 0.600. The van der Waals surface area contributed by atoms with Crippen molar-refractivity contribution in [2.75, 3.05) is 5.75 Å². The summed E-state index contributed by atoms with van der Waals surface area (Å²) in [5, 5.41) is 11.9. The van der Waals surface area contributed by atoms with Crippen LogP contribution in [0.3, 0.4) is 0 Å². The van der Waals surface area contributed by atoms with E-state index in [2.05, 4.69) is 5.32 Å². The van der Waals surface area contributed by atoms with E-state index in [-0.39, 0.29) is 24.5 Å². The number of aliphatic carboxylic acids is 1. The standard InChI is InChI=1S/C20H31NO5S/c1-14(2)11-17(19(23)24)21-18(22)16(12-15-9-7-6-8-10-15)13-27(25,26)20(3,4)5/h6-10,14,16-17H,11-13H2,1-5H3,(H,21,22)(H,23,24). The molecule has 152 valence electrons. The molecular formula is C20H31NO5S. The molecule has 1 aromatic rings. The van der Waals surface area contributed by atoms with Gasteiger partial charge in [-0.3, -0.25) is 4.79 Å². The monoisotopic (exact) mass is 397 g/mol. The Labute approximate surface area is 162 Å². The number of amides is 1. The normalized spacial score (nSPS) is 14.6. The molecule has 0 saturated heterocycles. The molecule has 27 heavy (non-hydrogen) atoms. The Morgan fingerprint density at radius 3 is 2.11 bits per heavy atom. The number of benzene rings is 1. The highest BCUT2D eigenvalue weighted by atomic mass is 32.2. The molecule has 0 aromatic heterocycles. The number of rotatable bonds is 9. The molecule has 7 heteroatoms. The zero-order chi connectivity index (χ0) is 20.8. The predicted octanol–water partition coefficient (Wildman–Crippen LogP) is 2.67. The first-order valence-corrected chi connectivity index (χ1v) is 10.8. The van der Waals surface area contributed by atoms with Gasteiger partial charge in [0, 0.05) is 0 Å². The average molecular weight is 398 g/mol. The smallest absolute Gasteiger partial charge is 0.326 e. The maximum Gasteiger partial charge on any atom is 0.326 e. The highest BCUT2D eigenvalue weighted by molar-refractivity contribution is 7.92. The summed E-state index contributed by atoms with van der Waals surface area (Å²) >= 11 is 0. The van der Waals surface area contributed by atoms with Gasteiger partial charge >= 0.3 is 5.97 Å². The summed E-state index contributed by atoms with van der Waals surface area (Å²) < 4.78 is 24.3. The molecule has 0 aliphatic rings. The van der Waals surface area contributed by atoms with Gasteiger partial charge in [0.2, 0.25) is 5.91 Å². The van der Waals surface area contributed by atoms with Crippen molar-refractivity contribution in [2.24, 2.45) is 11.8 Å². The summed E-state index contributed by atoms with van der Waals surface area (Å²) in [6.07, 6.45) is 0.515. The second-order valence-corrected chi connectivity index (χ2v) is 11.1. The minimum absolute atomic E-state index is 0.0808. The molecule has 1 aromatic carbocycles. The van der Waals surface area contributed by atoms with Crippen LogP contribution in [0.2, 0.25) is 0 Å². The fourth-order valence-corrected chi connectivity index (χ4v) is 3.92. The lowest BCUT2D eigenvalue weighted by atomic mass is 9.98.